The van der Waals surface area contributed by atoms with E-state index in [1.807, 2.05) is 42.5 Å². The molecule has 0 saturated carbocycles. The van der Waals surface area contributed by atoms with Crippen LogP contribution < -0.4 is 23.7 Å². The maximum absolute atomic E-state index is 12.8. The largest absolute Gasteiger partial charge is 0.493 e. The number of hydrogen-bond acceptors (Lipinski definition) is 6. The fourth-order valence-electron chi connectivity index (χ4n) is 3.49. The Morgan fingerprint density at radius 1 is 0.848 bits per heavy atom. The van der Waals surface area contributed by atoms with Crippen LogP contribution >= 0.6 is 0 Å². The van der Waals surface area contributed by atoms with Crippen molar-refractivity contribution in [3.63, 3.8) is 0 Å². The van der Waals surface area contributed by atoms with E-state index in [4.69, 9.17) is 23.7 Å². The molecular weight excluding hydrogens is 420 g/mol. The van der Waals surface area contributed by atoms with E-state index < -0.39 is 0 Å². The molecule has 0 spiro atoms. The highest BCUT2D eigenvalue weighted by molar-refractivity contribution is 6.14. The normalized spacial score (nSPS) is 13.7. The quantitative estimate of drug-likeness (QED) is 0.432. The molecule has 4 rings (SSSR count). The van der Waals surface area contributed by atoms with Crippen LogP contribution in [0.5, 0.6) is 28.7 Å². The number of carbonyl (C=O) groups excluding carboxylic acids is 1. The van der Waals surface area contributed by atoms with E-state index in [9.17, 15) is 4.79 Å². The Morgan fingerprint density at radius 3 is 2.24 bits per heavy atom. The molecule has 0 atom stereocenters. The highest BCUT2D eigenvalue weighted by atomic mass is 16.5. The highest BCUT2D eigenvalue weighted by Gasteiger charge is 2.28. The van der Waals surface area contributed by atoms with E-state index in [0.717, 1.165) is 5.56 Å². The molecule has 168 valence electrons. The van der Waals surface area contributed by atoms with Crippen LogP contribution in [0.25, 0.3) is 12.2 Å². The molecule has 6 heteroatoms. The summed E-state index contributed by atoms with van der Waals surface area (Å²) in [5.41, 5.74) is 2.27. The first-order valence-electron chi connectivity index (χ1n) is 10.4. The lowest BCUT2D eigenvalue weighted by Gasteiger charge is -2.13. The van der Waals surface area contributed by atoms with Crippen molar-refractivity contribution in [3.8, 4) is 28.7 Å². The second-order valence-corrected chi connectivity index (χ2v) is 7.18. The number of ketones is 1. The van der Waals surface area contributed by atoms with Gasteiger partial charge in [0.15, 0.2) is 17.3 Å². The predicted octanol–water partition coefficient (Wildman–Crippen LogP) is 5.42. The molecule has 0 fully saturated rings. The number of allylic oxidation sites excluding steroid dienone is 1. The summed E-state index contributed by atoms with van der Waals surface area (Å²) >= 11 is 0. The smallest absolute Gasteiger partial charge is 0.231 e. The number of benzene rings is 3. The number of fused-ring (bicyclic) bond motifs is 1. The zero-order valence-electron chi connectivity index (χ0n) is 18.7. The lowest BCUT2D eigenvalue weighted by molar-refractivity contribution is 0.101. The van der Waals surface area contributed by atoms with Crippen molar-refractivity contribution in [3.05, 3.63) is 89.2 Å². The number of ether oxygens (including phenoxy) is 5. The summed E-state index contributed by atoms with van der Waals surface area (Å²) in [5, 5.41) is 0. The molecule has 3 aromatic rings. The minimum Gasteiger partial charge on any atom is -0.493 e. The molecule has 0 amide bonds. The van der Waals surface area contributed by atoms with Crippen LogP contribution in [-0.2, 0) is 0 Å². The van der Waals surface area contributed by atoms with Crippen LogP contribution in [0, 0.1) is 0 Å². The van der Waals surface area contributed by atoms with Gasteiger partial charge in [-0.2, -0.15) is 0 Å². The second kappa shape index (κ2) is 9.96. The standard InChI is InChI=1S/C27H24O6/c1-29-24-15-19(16-25(30-2)27(24)31-3)14-23-26(28)21-12-11-20(17-22(21)33-23)32-13-7-10-18-8-5-4-6-9-18/h4-12,14-17H,13H2,1-3H3/b10-7+,23-14-. The molecular formula is C27H24O6. The van der Waals surface area contributed by atoms with Gasteiger partial charge in [0.25, 0.3) is 0 Å². The first-order valence-corrected chi connectivity index (χ1v) is 10.4. The van der Waals surface area contributed by atoms with Gasteiger partial charge in [-0.15, -0.1) is 0 Å². The van der Waals surface area contributed by atoms with Crippen LogP contribution in [0.2, 0.25) is 0 Å². The third-order valence-electron chi connectivity index (χ3n) is 5.08. The molecule has 6 nitrogen and oxygen atoms in total. The van der Waals surface area contributed by atoms with Crippen molar-refractivity contribution in [2.45, 2.75) is 0 Å². The summed E-state index contributed by atoms with van der Waals surface area (Å²) < 4.78 is 27.7. The average Bonchev–Trinajstić information content (AvgIpc) is 3.16. The van der Waals surface area contributed by atoms with Gasteiger partial charge in [0.2, 0.25) is 11.5 Å². The third kappa shape index (κ3) is 4.85. The van der Waals surface area contributed by atoms with Gasteiger partial charge in [-0.25, -0.2) is 0 Å². The van der Waals surface area contributed by atoms with Crippen LogP contribution in [0.1, 0.15) is 21.5 Å². The Hall–Kier alpha value is -4.19. The number of Topliss-reactive ketones (excluding diaryl/α,β-unsaturated/α-hetero) is 1. The Kier molecular flexibility index (Phi) is 6.64. The third-order valence-corrected chi connectivity index (χ3v) is 5.08. The molecule has 0 saturated heterocycles. The first kappa shape index (κ1) is 22.0. The lowest BCUT2D eigenvalue weighted by atomic mass is 10.1. The SMILES string of the molecule is COc1cc(/C=C2\Oc3cc(OC/C=C/c4ccccc4)ccc3C2=O)cc(OC)c1OC. The number of methoxy groups -OCH3 is 3. The first-order chi connectivity index (χ1) is 16.1. The Bertz CT molecular complexity index is 1190. The summed E-state index contributed by atoms with van der Waals surface area (Å²) in [5.74, 6) is 2.55. The molecule has 0 aromatic heterocycles. The van der Waals surface area contributed by atoms with Gasteiger partial charge in [-0.3, -0.25) is 4.79 Å². The van der Waals surface area contributed by atoms with Crippen LogP contribution in [0.3, 0.4) is 0 Å². The van der Waals surface area contributed by atoms with Crippen LogP contribution in [0.4, 0.5) is 0 Å². The van der Waals surface area contributed by atoms with Gasteiger partial charge in [0.1, 0.15) is 18.1 Å². The number of hydrogen-bond donors (Lipinski definition) is 0. The fraction of sp³-hybridized carbons (Fsp3) is 0.148. The van der Waals surface area contributed by atoms with Gasteiger partial charge < -0.3 is 23.7 Å². The van der Waals surface area contributed by atoms with Gasteiger partial charge in [0.05, 0.1) is 26.9 Å². The maximum atomic E-state index is 12.8. The molecule has 0 radical (unpaired) electrons. The highest BCUT2D eigenvalue weighted by Crippen LogP contribution is 2.40. The molecule has 1 aliphatic heterocycles. The lowest BCUT2D eigenvalue weighted by Crippen LogP contribution is -1.99. The molecule has 0 bridgehead atoms. The molecule has 1 heterocycles. The van der Waals surface area contributed by atoms with E-state index in [2.05, 4.69) is 0 Å². The summed E-state index contributed by atoms with van der Waals surface area (Å²) in [4.78, 5) is 12.8. The van der Waals surface area contributed by atoms with Gasteiger partial charge in [0, 0.05) is 6.07 Å². The topological polar surface area (TPSA) is 63.2 Å². The summed E-state index contributed by atoms with van der Waals surface area (Å²) in [7, 11) is 4.62. The van der Waals surface area contributed by atoms with Gasteiger partial charge >= 0.3 is 0 Å². The molecule has 0 aliphatic carbocycles. The van der Waals surface area contributed by atoms with E-state index in [-0.39, 0.29) is 11.5 Å². The molecule has 33 heavy (non-hydrogen) atoms. The van der Waals surface area contributed by atoms with E-state index in [1.54, 1.807) is 36.4 Å². The van der Waals surface area contributed by atoms with Crippen molar-refractivity contribution in [1.29, 1.82) is 0 Å². The average molecular weight is 444 g/mol. The number of rotatable bonds is 8. The molecule has 1 aliphatic rings. The summed E-state index contributed by atoms with van der Waals surface area (Å²) in [6, 6.07) is 18.7. The number of carbonyl (C=O) groups is 1. The zero-order chi connectivity index (χ0) is 23.2. The van der Waals surface area contributed by atoms with E-state index >= 15 is 0 Å². The predicted molar refractivity (Wildman–Crippen MR) is 126 cm³/mol. The minimum atomic E-state index is -0.200. The monoisotopic (exact) mass is 444 g/mol. The maximum Gasteiger partial charge on any atom is 0.231 e. The van der Waals surface area contributed by atoms with Crippen molar-refractivity contribution < 1.29 is 28.5 Å². The Labute approximate surface area is 192 Å². The van der Waals surface area contributed by atoms with E-state index in [0.29, 0.717) is 46.5 Å². The minimum absolute atomic E-state index is 0.200. The fourth-order valence-corrected chi connectivity index (χ4v) is 3.49. The van der Waals surface area contributed by atoms with E-state index in [1.165, 1.54) is 21.3 Å². The van der Waals surface area contributed by atoms with Crippen molar-refractivity contribution in [2.75, 3.05) is 27.9 Å². The molecule has 0 N–H and O–H groups in total. The van der Waals surface area contributed by atoms with Gasteiger partial charge in [-0.1, -0.05) is 36.4 Å². The zero-order valence-corrected chi connectivity index (χ0v) is 18.7. The van der Waals surface area contributed by atoms with Crippen molar-refractivity contribution >= 4 is 17.9 Å². The second-order valence-electron chi connectivity index (χ2n) is 7.18. The van der Waals surface area contributed by atoms with Gasteiger partial charge in [-0.05, 0) is 47.5 Å². The molecule has 3 aromatic carbocycles. The Morgan fingerprint density at radius 2 is 1.58 bits per heavy atom. The molecule has 0 unspecified atom stereocenters. The van der Waals surface area contributed by atoms with Crippen LogP contribution in [0.15, 0.2) is 72.5 Å². The summed E-state index contributed by atoms with van der Waals surface area (Å²) in [6.45, 7) is 0.399. The Balaban J connectivity index is 1.49. The summed E-state index contributed by atoms with van der Waals surface area (Å²) in [6.07, 6.45) is 5.58. The van der Waals surface area contributed by atoms with Crippen molar-refractivity contribution in [1.82, 2.24) is 0 Å². The van der Waals surface area contributed by atoms with Crippen molar-refractivity contribution in [2.24, 2.45) is 0 Å². The van der Waals surface area contributed by atoms with Crippen LogP contribution in [-0.4, -0.2) is 33.7 Å².